The number of hydrogen-bond acceptors (Lipinski definition) is 1. The molecule has 3 aromatic rings. The second-order valence-corrected chi connectivity index (χ2v) is 9.01. The van der Waals surface area contributed by atoms with Crippen LogP contribution in [0.25, 0.3) is 17.2 Å². The van der Waals surface area contributed by atoms with Gasteiger partial charge < -0.3 is 10.6 Å². The predicted octanol–water partition coefficient (Wildman–Crippen LogP) is 8.45. The van der Waals surface area contributed by atoms with Gasteiger partial charge in [0.15, 0.2) is 5.11 Å². The first-order valence-corrected chi connectivity index (χ1v) is 11.7. The Labute approximate surface area is 199 Å². The summed E-state index contributed by atoms with van der Waals surface area (Å²) >= 11 is 9.45. The van der Waals surface area contributed by atoms with E-state index in [1.165, 1.54) is 33.4 Å². The van der Waals surface area contributed by atoms with Crippen LogP contribution in [-0.2, 0) is 6.42 Å². The van der Waals surface area contributed by atoms with E-state index < -0.39 is 0 Å². The van der Waals surface area contributed by atoms with Gasteiger partial charge in [0.05, 0.1) is 5.69 Å². The van der Waals surface area contributed by atoms with Gasteiger partial charge in [0, 0.05) is 21.3 Å². The summed E-state index contributed by atoms with van der Waals surface area (Å²) in [6, 6.07) is 17.0. The number of allylic oxidation sites excluding steroid dienone is 1. The summed E-state index contributed by atoms with van der Waals surface area (Å²) in [5, 5.41) is 7.43. The topological polar surface area (TPSA) is 24.1 Å². The number of nitrogens with one attached hydrogen (secondary N) is 2. The van der Waals surface area contributed by atoms with Crippen LogP contribution >= 0.6 is 28.1 Å². The molecule has 2 N–H and O–H groups in total. The van der Waals surface area contributed by atoms with Crippen molar-refractivity contribution in [2.75, 3.05) is 10.6 Å². The first kappa shape index (κ1) is 23.2. The summed E-state index contributed by atoms with van der Waals surface area (Å²) in [4.78, 5) is 0. The van der Waals surface area contributed by atoms with E-state index in [0.717, 1.165) is 27.8 Å². The summed E-state index contributed by atoms with van der Waals surface area (Å²) in [7, 11) is 0. The standard InChI is InChI=1S/C27H29BrN2S/c1-6-10-21-20(7-2)11-8-14-24(21)29-27(31)30-26-22(12-9-13-23(26)28)25-18(4)15-17(3)16-19(25)5/h6,8-16H,7H2,1-5H3,(H2,29,30,31)/b10-6-. The van der Waals surface area contributed by atoms with Crippen molar-refractivity contribution < 1.29 is 0 Å². The molecule has 0 radical (unpaired) electrons. The highest BCUT2D eigenvalue weighted by Crippen LogP contribution is 2.38. The number of halogens is 1. The lowest BCUT2D eigenvalue weighted by atomic mass is 9.93. The highest BCUT2D eigenvalue weighted by Gasteiger charge is 2.15. The quantitative estimate of drug-likeness (QED) is 0.349. The Morgan fingerprint density at radius 1 is 1.00 bits per heavy atom. The molecule has 3 rings (SSSR count). The first-order valence-electron chi connectivity index (χ1n) is 10.5. The summed E-state index contributed by atoms with van der Waals surface area (Å²) in [6.45, 7) is 10.7. The van der Waals surface area contributed by atoms with E-state index in [1.54, 1.807) is 0 Å². The molecule has 0 bridgehead atoms. The normalized spacial score (nSPS) is 11.0. The molecular weight excluding hydrogens is 464 g/mol. The van der Waals surface area contributed by atoms with Gasteiger partial charge in [-0.25, -0.2) is 0 Å². The molecule has 0 aliphatic carbocycles. The second kappa shape index (κ2) is 10.3. The fourth-order valence-electron chi connectivity index (χ4n) is 4.13. The molecule has 0 aliphatic rings. The molecule has 31 heavy (non-hydrogen) atoms. The minimum Gasteiger partial charge on any atom is -0.332 e. The molecule has 0 unspecified atom stereocenters. The van der Waals surface area contributed by atoms with Gasteiger partial charge in [0.25, 0.3) is 0 Å². The van der Waals surface area contributed by atoms with Crippen LogP contribution in [0, 0.1) is 20.8 Å². The van der Waals surface area contributed by atoms with Crippen molar-refractivity contribution in [1.29, 1.82) is 0 Å². The molecule has 0 atom stereocenters. The van der Waals surface area contributed by atoms with Gasteiger partial charge in [-0.2, -0.15) is 0 Å². The number of para-hydroxylation sites is 1. The molecule has 0 heterocycles. The van der Waals surface area contributed by atoms with Crippen molar-refractivity contribution in [1.82, 2.24) is 0 Å². The van der Waals surface area contributed by atoms with Gasteiger partial charge in [0.2, 0.25) is 0 Å². The highest BCUT2D eigenvalue weighted by atomic mass is 79.9. The molecule has 2 nitrogen and oxygen atoms in total. The molecular formula is C27H29BrN2S. The first-order chi connectivity index (χ1) is 14.8. The highest BCUT2D eigenvalue weighted by molar-refractivity contribution is 9.10. The fraction of sp³-hybridized carbons (Fsp3) is 0.222. The largest absolute Gasteiger partial charge is 0.332 e. The van der Waals surface area contributed by atoms with Crippen LogP contribution in [0.4, 0.5) is 11.4 Å². The van der Waals surface area contributed by atoms with Crippen molar-refractivity contribution in [3.05, 3.63) is 86.9 Å². The average molecular weight is 494 g/mol. The van der Waals surface area contributed by atoms with Gasteiger partial charge in [0.1, 0.15) is 0 Å². The van der Waals surface area contributed by atoms with E-state index in [-0.39, 0.29) is 0 Å². The van der Waals surface area contributed by atoms with E-state index in [1.807, 2.05) is 13.0 Å². The van der Waals surface area contributed by atoms with Crippen molar-refractivity contribution in [2.24, 2.45) is 0 Å². The molecule has 4 heteroatoms. The monoisotopic (exact) mass is 492 g/mol. The maximum Gasteiger partial charge on any atom is 0.175 e. The molecule has 0 aromatic heterocycles. The number of thiocarbonyl (C=S) groups is 1. The van der Waals surface area contributed by atoms with Crippen molar-refractivity contribution in [3.8, 4) is 11.1 Å². The number of anilines is 2. The lowest BCUT2D eigenvalue weighted by molar-refractivity contribution is 1.13. The molecule has 0 fully saturated rings. The SMILES string of the molecule is C/C=C\c1c(CC)cccc1NC(=S)Nc1c(Br)cccc1-c1c(C)cc(C)cc1C. The maximum atomic E-state index is 5.73. The van der Waals surface area contributed by atoms with Crippen molar-refractivity contribution >= 4 is 50.7 Å². The zero-order valence-electron chi connectivity index (χ0n) is 18.8. The number of aryl methyl sites for hydroxylation is 4. The zero-order valence-corrected chi connectivity index (χ0v) is 21.2. The van der Waals surface area contributed by atoms with E-state index in [2.05, 4.69) is 109 Å². The molecule has 3 aromatic carbocycles. The maximum absolute atomic E-state index is 5.73. The molecule has 160 valence electrons. The van der Waals surface area contributed by atoms with Crippen LogP contribution in [0.3, 0.4) is 0 Å². The van der Waals surface area contributed by atoms with Gasteiger partial charge in [-0.15, -0.1) is 0 Å². The van der Waals surface area contributed by atoms with Crippen molar-refractivity contribution in [2.45, 2.75) is 41.0 Å². The minimum absolute atomic E-state index is 0.564. The van der Waals surface area contributed by atoms with Crippen LogP contribution in [0.5, 0.6) is 0 Å². The third-order valence-electron chi connectivity index (χ3n) is 5.36. The molecule has 0 saturated heterocycles. The predicted molar refractivity (Wildman–Crippen MR) is 144 cm³/mol. The fourth-order valence-corrected chi connectivity index (χ4v) is 4.80. The summed E-state index contributed by atoms with van der Waals surface area (Å²) in [6.07, 6.45) is 5.16. The van der Waals surface area contributed by atoms with E-state index >= 15 is 0 Å². The lowest BCUT2D eigenvalue weighted by Crippen LogP contribution is -2.20. The molecule has 0 aliphatic heterocycles. The van der Waals surface area contributed by atoms with E-state index in [9.17, 15) is 0 Å². The van der Waals surface area contributed by atoms with Crippen LogP contribution in [0.2, 0.25) is 0 Å². The van der Waals surface area contributed by atoms with Gasteiger partial charge >= 0.3 is 0 Å². The molecule has 0 spiro atoms. The third kappa shape index (κ3) is 5.25. The number of hydrogen-bond donors (Lipinski definition) is 2. The molecule has 0 saturated carbocycles. The van der Waals surface area contributed by atoms with Crippen molar-refractivity contribution in [3.63, 3.8) is 0 Å². The molecule has 0 amide bonds. The van der Waals surface area contributed by atoms with Gasteiger partial charge in [-0.05, 0) is 96.7 Å². The van der Waals surface area contributed by atoms with Gasteiger partial charge in [-0.3, -0.25) is 0 Å². The Morgan fingerprint density at radius 2 is 1.68 bits per heavy atom. The van der Waals surface area contributed by atoms with E-state index in [0.29, 0.717) is 5.11 Å². The third-order valence-corrected chi connectivity index (χ3v) is 6.22. The second-order valence-electron chi connectivity index (χ2n) is 7.75. The van der Waals surface area contributed by atoms with Crippen LogP contribution in [0.1, 0.15) is 41.7 Å². The Bertz CT molecular complexity index is 1120. The number of rotatable bonds is 5. The van der Waals surface area contributed by atoms with Crippen LogP contribution in [0.15, 0.2) is 59.1 Å². The van der Waals surface area contributed by atoms with E-state index in [4.69, 9.17) is 12.2 Å². The summed E-state index contributed by atoms with van der Waals surface area (Å²) < 4.78 is 0.976. The van der Waals surface area contributed by atoms with Crippen LogP contribution in [-0.4, -0.2) is 5.11 Å². The Morgan fingerprint density at radius 3 is 2.32 bits per heavy atom. The zero-order chi connectivity index (χ0) is 22.5. The Kier molecular flexibility index (Phi) is 7.69. The Balaban J connectivity index is 1.98. The Hall–Kier alpha value is -2.43. The smallest absolute Gasteiger partial charge is 0.175 e. The average Bonchev–Trinajstić information content (AvgIpc) is 2.71. The number of benzene rings is 3. The minimum atomic E-state index is 0.564. The lowest BCUT2D eigenvalue weighted by Gasteiger charge is -2.20. The summed E-state index contributed by atoms with van der Waals surface area (Å²) in [5.74, 6) is 0. The van der Waals surface area contributed by atoms with Gasteiger partial charge in [-0.1, -0.05) is 61.0 Å². The van der Waals surface area contributed by atoms with Crippen LogP contribution < -0.4 is 10.6 Å². The summed E-state index contributed by atoms with van der Waals surface area (Å²) in [5.41, 5.74) is 10.6.